The van der Waals surface area contributed by atoms with Crippen LogP contribution in [0.25, 0.3) is 0 Å². The second kappa shape index (κ2) is 5.37. The van der Waals surface area contributed by atoms with E-state index >= 15 is 0 Å². The number of rotatable bonds is 3. The second-order valence-electron chi connectivity index (χ2n) is 4.92. The lowest BCUT2D eigenvalue weighted by atomic mass is 10.0. The fourth-order valence-corrected chi connectivity index (χ4v) is 3.06. The molecule has 0 amide bonds. The molecule has 1 aliphatic rings. The van der Waals surface area contributed by atoms with E-state index in [4.69, 9.17) is 4.74 Å². The fraction of sp³-hybridized carbons (Fsp3) is 0.250. The van der Waals surface area contributed by atoms with Crippen LogP contribution < -0.4 is 4.74 Å². The summed E-state index contributed by atoms with van der Waals surface area (Å²) in [5.74, 6) is 0.897. The van der Waals surface area contributed by atoms with Crippen molar-refractivity contribution in [2.45, 2.75) is 19.8 Å². The SMILES string of the molecule is Cc1cccnc1C(=O)Cc1cc(Br)cc2c1OCC2. The third-order valence-corrected chi connectivity index (χ3v) is 3.91. The summed E-state index contributed by atoms with van der Waals surface area (Å²) in [5, 5.41) is 0. The van der Waals surface area contributed by atoms with Crippen LogP contribution in [0.1, 0.15) is 27.2 Å². The first-order valence-electron chi connectivity index (χ1n) is 6.54. The molecule has 20 heavy (non-hydrogen) atoms. The Kier molecular flexibility index (Phi) is 3.57. The van der Waals surface area contributed by atoms with Crippen LogP contribution in [0.15, 0.2) is 34.9 Å². The number of aromatic nitrogens is 1. The molecule has 0 saturated heterocycles. The minimum Gasteiger partial charge on any atom is -0.493 e. The zero-order valence-electron chi connectivity index (χ0n) is 11.1. The van der Waals surface area contributed by atoms with Crippen LogP contribution in [0.2, 0.25) is 0 Å². The number of aryl methyl sites for hydroxylation is 1. The molecule has 2 heterocycles. The number of halogens is 1. The predicted molar refractivity (Wildman–Crippen MR) is 80.3 cm³/mol. The Morgan fingerprint density at radius 2 is 2.30 bits per heavy atom. The molecule has 0 N–H and O–H groups in total. The van der Waals surface area contributed by atoms with Crippen molar-refractivity contribution in [3.05, 3.63) is 57.3 Å². The van der Waals surface area contributed by atoms with Gasteiger partial charge in [0, 0.05) is 29.1 Å². The number of fused-ring (bicyclic) bond motifs is 1. The van der Waals surface area contributed by atoms with E-state index in [1.165, 1.54) is 5.56 Å². The number of pyridine rings is 1. The van der Waals surface area contributed by atoms with Gasteiger partial charge in [0.05, 0.1) is 6.61 Å². The highest BCUT2D eigenvalue weighted by Crippen LogP contribution is 2.33. The lowest BCUT2D eigenvalue weighted by Crippen LogP contribution is -2.09. The lowest BCUT2D eigenvalue weighted by molar-refractivity contribution is 0.0986. The number of carbonyl (C=O) groups is 1. The van der Waals surface area contributed by atoms with Crippen molar-refractivity contribution in [2.75, 3.05) is 6.61 Å². The first-order valence-corrected chi connectivity index (χ1v) is 7.33. The average molecular weight is 332 g/mol. The fourth-order valence-electron chi connectivity index (χ4n) is 2.51. The maximum Gasteiger partial charge on any atom is 0.185 e. The number of nitrogens with zero attached hydrogens (tertiary/aromatic N) is 1. The highest BCUT2D eigenvalue weighted by molar-refractivity contribution is 9.10. The number of ketones is 1. The number of carbonyl (C=O) groups excluding carboxylic acids is 1. The van der Waals surface area contributed by atoms with Crippen molar-refractivity contribution >= 4 is 21.7 Å². The zero-order valence-corrected chi connectivity index (χ0v) is 12.7. The van der Waals surface area contributed by atoms with Crippen molar-refractivity contribution in [3.63, 3.8) is 0 Å². The van der Waals surface area contributed by atoms with E-state index in [0.29, 0.717) is 18.7 Å². The van der Waals surface area contributed by atoms with Gasteiger partial charge in [0.2, 0.25) is 0 Å². The first kappa shape index (κ1) is 13.3. The van der Waals surface area contributed by atoms with Crippen molar-refractivity contribution in [2.24, 2.45) is 0 Å². The van der Waals surface area contributed by atoms with Crippen LogP contribution in [0.3, 0.4) is 0 Å². The maximum absolute atomic E-state index is 12.4. The second-order valence-corrected chi connectivity index (χ2v) is 5.84. The van der Waals surface area contributed by atoms with E-state index in [2.05, 4.69) is 27.0 Å². The molecule has 3 nitrogen and oxygen atoms in total. The van der Waals surface area contributed by atoms with Gasteiger partial charge in [-0.3, -0.25) is 9.78 Å². The molecule has 2 aromatic rings. The Morgan fingerprint density at radius 1 is 1.45 bits per heavy atom. The minimum atomic E-state index is 0.0268. The summed E-state index contributed by atoms with van der Waals surface area (Å²) < 4.78 is 6.65. The summed E-state index contributed by atoms with van der Waals surface area (Å²) in [4.78, 5) is 16.6. The molecule has 0 aliphatic carbocycles. The molecule has 3 rings (SSSR count). The molecule has 1 aliphatic heterocycles. The van der Waals surface area contributed by atoms with Crippen molar-refractivity contribution in [1.29, 1.82) is 0 Å². The average Bonchev–Trinajstić information content (AvgIpc) is 2.87. The predicted octanol–water partition coefficient (Wildman–Crippen LogP) is 3.51. The smallest absolute Gasteiger partial charge is 0.185 e. The molecular weight excluding hydrogens is 318 g/mol. The molecule has 0 spiro atoms. The Hall–Kier alpha value is -1.68. The Balaban J connectivity index is 1.93. The Labute approximate surface area is 126 Å². The van der Waals surface area contributed by atoms with E-state index in [0.717, 1.165) is 27.8 Å². The number of benzene rings is 1. The summed E-state index contributed by atoms with van der Waals surface area (Å²) in [6.45, 7) is 2.59. The van der Waals surface area contributed by atoms with Gasteiger partial charge in [-0.25, -0.2) is 0 Å². The molecule has 0 saturated carbocycles. The number of hydrogen-bond acceptors (Lipinski definition) is 3. The normalized spacial score (nSPS) is 12.9. The van der Waals surface area contributed by atoms with Crippen molar-refractivity contribution in [3.8, 4) is 5.75 Å². The summed E-state index contributed by atoms with van der Waals surface area (Å²) in [5.41, 5.74) is 3.55. The largest absolute Gasteiger partial charge is 0.493 e. The highest BCUT2D eigenvalue weighted by atomic mass is 79.9. The molecule has 0 bridgehead atoms. The van der Waals surface area contributed by atoms with Crippen LogP contribution in [-0.2, 0) is 12.8 Å². The molecule has 102 valence electrons. The number of hydrogen-bond donors (Lipinski definition) is 0. The van der Waals surface area contributed by atoms with Gasteiger partial charge in [-0.15, -0.1) is 0 Å². The molecule has 0 unspecified atom stereocenters. The third kappa shape index (κ3) is 2.48. The van der Waals surface area contributed by atoms with E-state index in [-0.39, 0.29) is 5.78 Å². The highest BCUT2D eigenvalue weighted by Gasteiger charge is 2.20. The van der Waals surface area contributed by atoms with Crippen LogP contribution in [-0.4, -0.2) is 17.4 Å². The van der Waals surface area contributed by atoms with Gasteiger partial charge < -0.3 is 4.74 Å². The first-order chi connectivity index (χ1) is 9.65. The summed E-state index contributed by atoms with van der Waals surface area (Å²) >= 11 is 3.49. The Bertz CT molecular complexity index is 682. The van der Waals surface area contributed by atoms with Gasteiger partial charge in [0.25, 0.3) is 0 Å². The van der Waals surface area contributed by atoms with Gasteiger partial charge in [-0.05, 0) is 36.2 Å². The molecule has 1 aromatic heterocycles. The van der Waals surface area contributed by atoms with Gasteiger partial charge in [-0.1, -0.05) is 22.0 Å². The van der Waals surface area contributed by atoms with Crippen LogP contribution >= 0.6 is 15.9 Å². The van der Waals surface area contributed by atoms with E-state index in [9.17, 15) is 4.79 Å². The van der Waals surface area contributed by atoms with Gasteiger partial charge in [0.1, 0.15) is 11.4 Å². The molecule has 0 radical (unpaired) electrons. The quantitative estimate of drug-likeness (QED) is 0.808. The van der Waals surface area contributed by atoms with Gasteiger partial charge in [0.15, 0.2) is 5.78 Å². The van der Waals surface area contributed by atoms with Crippen LogP contribution in [0, 0.1) is 6.92 Å². The Morgan fingerprint density at radius 3 is 3.10 bits per heavy atom. The molecule has 0 fully saturated rings. The van der Waals surface area contributed by atoms with E-state index in [1.807, 2.05) is 25.1 Å². The molecule has 1 aromatic carbocycles. The topological polar surface area (TPSA) is 39.2 Å². The lowest BCUT2D eigenvalue weighted by Gasteiger charge is -2.09. The van der Waals surface area contributed by atoms with Crippen LogP contribution in [0.5, 0.6) is 5.75 Å². The summed E-state index contributed by atoms with van der Waals surface area (Å²) in [6.07, 6.45) is 2.88. The van der Waals surface area contributed by atoms with Crippen molar-refractivity contribution < 1.29 is 9.53 Å². The van der Waals surface area contributed by atoms with E-state index < -0.39 is 0 Å². The monoisotopic (exact) mass is 331 g/mol. The van der Waals surface area contributed by atoms with Gasteiger partial charge in [-0.2, -0.15) is 0 Å². The molecule has 4 heteroatoms. The van der Waals surface area contributed by atoms with Crippen LogP contribution in [0.4, 0.5) is 0 Å². The summed E-state index contributed by atoms with van der Waals surface area (Å²) in [7, 11) is 0. The standard InChI is InChI=1S/C16H14BrNO2/c1-10-3-2-5-18-15(10)14(19)9-12-8-13(17)7-11-4-6-20-16(11)12/h2-3,5,7-8H,4,6,9H2,1H3. The summed E-state index contributed by atoms with van der Waals surface area (Å²) in [6, 6.07) is 7.76. The number of Topliss-reactive ketones (excluding diaryl/α,β-unsaturated/α-hetero) is 1. The molecule has 0 atom stereocenters. The van der Waals surface area contributed by atoms with Crippen molar-refractivity contribution in [1.82, 2.24) is 4.98 Å². The van der Waals surface area contributed by atoms with E-state index in [1.54, 1.807) is 6.20 Å². The molecular formula is C16H14BrNO2. The number of ether oxygens (including phenoxy) is 1. The third-order valence-electron chi connectivity index (χ3n) is 3.45. The van der Waals surface area contributed by atoms with Gasteiger partial charge >= 0.3 is 0 Å². The zero-order chi connectivity index (χ0) is 14.1. The minimum absolute atomic E-state index is 0.0268. The maximum atomic E-state index is 12.4.